The zero-order valence-electron chi connectivity index (χ0n) is 18.5. The Hall–Kier alpha value is -2.57. The molecule has 0 bridgehead atoms. The van der Waals surface area contributed by atoms with Crippen molar-refractivity contribution in [3.63, 3.8) is 0 Å². The van der Waals surface area contributed by atoms with E-state index in [0.29, 0.717) is 37.5 Å². The van der Waals surface area contributed by atoms with Crippen molar-refractivity contribution < 1.29 is 23.9 Å². The van der Waals surface area contributed by atoms with Gasteiger partial charge in [0.05, 0.1) is 6.04 Å². The topological polar surface area (TPSA) is 84.9 Å². The van der Waals surface area contributed by atoms with E-state index in [1.54, 1.807) is 27.8 Å². The normalized spacial score (nSPS) is 15.9. The standard InChI is InChI=1S/C23H34N2O5/c1-23(2,3)30-21(27)24-19(14-17-10-12-20(26)13-11-17)15-25(4)22(28)29-16-18-8-6-5-7-9-18/h5-9,17,19H,10-16H2,1-4H3,(H,24,27). The van der Waals surface area contributed by atoms with Gasteiger partial charge in [0.25, 0.3) is 0 Å². The number of carbonyl (C=O) groups excluding carboxylic acids is 3. The lowest BCUT2D eigenvalue weighted by molar-refractivity contribution is -0.121. The van der Waals surface area contributed by atoms with Crippen LogP contribution in [0.4, 0.5) is 9.59 Å². The molecule has 0 aliphatic heterocycles. The van der Waals surface area contributed by atoms with E-state index in [1.807, 2.05) is 30.3 Å². The van der Waals surface area contributed by atoms with Gasteiger partial charge in [-0.3, -0.25) is 4.79 Å². The van der Waals surface area contributed by atoms with Gasteiger partial charge in [-0.25, -0.2) is 9.59 Å². The molecule has 30 heavy (non-hydrogen) atoms. The maximum atomic E-state index is 12.4. The quantitative estimate of drug-likeness (QED) is 0.714. The summed E-state index contributed by atoms with van der Waals surface area (Å²) in [6, 6.07) is 9.19. The van der Waals surface area contributed by atoms with Crippen LogP contribution < -0.4 is 5.32 Å². The number of ketones is 1. The van der Waals surface area contributed by atoms with E-state index >= 15 is 0 Å². The van der Waals surface area contributed by atoms with Gasteiger partial charge in [0.2, 0.25) is 0 Å². The molecule has 1 N–H and O–H groups in total. The second kappa shape index (κ2) is 11.0. The van der Waals surface area contributed by atoms with Gasteiger partial charge in [0.15, 0.2) is 0 Å². The lowest BCUT2D eigenvalue weighted by Gasteiger charge is -2.30. The Kier molecular flexibility index (Phi) is 8.69. The number of rotatable bonds is 7. The van der Waals surface area contributed by atoms with Crippen molar-refractivity contribution in [2.75, 3.05) is 13.6 Å². The number of nitrogens with one attached hydrogen (secondary N) is 1. The molecule has 1 unspecified atom stereocenters. The first-order chi connectivity index (χ1) is 14.1. The minimum absolute atomic E-state index is 0.193. The zero-order chi connectivity index (χ0) is 22.1. The van der Waals surface area contributed by atoms with Crippen LogP contribution in [0.2, 0.25) is 0 Å². The molecule has 7 nitrogen and oxygen atoms in total. The van der Waals surface area contributed by atoms with E-state index in [4.69, 9.17) is 9.47 Å². The average Bonchev–Trinajstić information content (AvgIpc) is 2.67. The van der Waals surface area contributed by atoms with Crippen LogP contribution >= 0.6 is 0 Å². The summed E-state index contributed by atoms with van der Waals surface area (Å²) in [5.74, 6) is 0.626. The lowest BCUT2D eigenvalue weighted by atomic mass is 9.84. The van der Waals surface area contributed by atoms with Gasteiger partial charge in [0, 0.05) is 26.4 Å². The number of alkyl carbamates (subject to hydrolysis) is 1. The summed E-state index contributed by atoms with van der Waals surface area (Å²) >= 11 is 0. The average molecular weight is 419 g/mol. The third-order valence-corrected chi connectivity index (χ3v) is 5.01. The maximum absolute atomic E-state index is 12.4. The van der Waals surface area contributed by atoms with Gasteiger partial charge in [-0.1, -0.05) is 30.3 Å². The molecular weight excluding hydrogens is 384 g/mol. The number of benzene rings is 1. The lowest BCUT2D eigenvalue weighted by Crippen LogP contribution is -2.47. The second-order valence-electron chi connectivity index (χ2n) is 8.98. The number of ether oxygens (including phenoxy) is 2. The van der Waals surface area contributed by atoms with Gasteiger partial charge < -0.3 is 19.7 Å². The Morgan fingerprint density at radius 1 is 1.17 bits per heavy atom. The molecule has 166 valence electrons. The Bertz CT molecular complexity index is 704. The molecule has 7 heteroatoms. The highest BCUT2D eigenvalue weighted by Crippen LogP contribution is 2.26. The number of carbonyl (C=O) groups is 3. The highest BCUT2D eigenvalue weighted by Gasteiger charge is 2.27. The summed E-state index contributed by atoms with van der Waals surface area (Å²) < 4.78 is 10.8. The summed E-state index contributed by atoms with van der Waals surface area (Å²) in [5.41, 5.74) is 0.307. The van der Waals surface area contributed by atoms with E-state index in [2.05, 4.69) is 5.32 Å². The van der Waals surface area contributed by atoms with Crippen LogP contribution in [0.3, 0.4) is 0 Å². The van der Waals surface area contributed by atoms with E-state index in [1.165, 1.54) is 4.90 Å². The molecule has 1 atom stereocenters. The zero-order valence-corrected chi connectivity index (χ0v) is 18.5. The predicted octanol–water partition coefficient (Wildman–Crippen LogP) is 4.30. The molecule has 1 saturated carbocycles. The summed E-state index contributed by atoms with van der Waals surface area (Å²) in [6.07, 6.45) is 2.51. The fourth-order valence-corrected chi connectivity index (χ4v) is 3.53. The Morgan fingerprint density at radius 2 is 1.80 bits per heavy atom. The van der Waals surface area contributed by atoms with Crippen LogP contribution in [0.25, 0.3) is 0 Å². The Balaban J connectivity index is 1.93. The fourth-order valence-electron chi connectivity index (χ4n) is 3.53. The van der Waals surface area contributed by atoms with Crippen molar-refractivity contribution in [1.82, 2.24) is 10.2 Å². The van der Waals surface area contributed by atoms with Crippen molar-refractivity contribution in [1.29, 1.82) is 0 Å². The summed E-state index contributed by atoms with van der Waals surface area (Å²) in [5, 5.41) is 2.90. The molecule has 0 saturated heterocycles. The van der Waals surface area contributed by atoms with Crippen molar-refractivity contribution in [3.05, 3.63) is 35.9 Å². The van der Waals surface area contributed by atoms with Gasteiger partial charge >= 0.3 is 12.2 Å². The molecule has 0 radical (unpaired) electrons. The maximum Gasteiger partial charge on any atom is 0.409 e. The summed E-state index contributed by atoms with van der Waals surface area (Å²) in [7, 11) is 1.65. The molecule has 0 spiro atoms. The summed E-state index contributed by atoms with van der Waals surface area (Å²) in [6.45, 7) is 5.92. The highest BCUT2D eigenvalue weighted by molar-refractivity contribution is 5.79. The first-order valence-corrected chi connectivity index (χ1v) is 10.6. The van der Waals surface area contributed by atoms with Crippen LogP contribution in [-0.2, 0) is 20.9 Å². The monoisotopic (exact) mass is 418 g/mol. The van der Waals surface area contributed by atoms with Crippen molar-refractivity contribution in [2.24, 2.45) is 5.92 Å². The Morgan fingerprint density at radius 3 is 2.40 bits per heavy atom. The predicted molar refractivity (Wildman–Crippen MR) is 114 cm³/mol. The van der Waals surface area contributed by atoms with Crippen molar-refractivity contribution >= 4 is 18.0 Å². The smallest absolute Gasteiger partial charge is 0.409 e. The molecule has 2 amide bonds. The molecule has 2 rings (SSSR count). The second-order valence-corrected chi connectivity index (χ2v) is 8.98. The fraction of sp³-hybridized carbons (Fsp3) is 0.609. The first-order valence-electron chi connectivity index (χ1n) is 10.6. The number of amides is 2. The molecular formula is C23H34N2O5. The van der Waals surface area contributed by atoms with Crippen molar-refractivity contribution in [2.45, 2.75) is 71.1 Å². The van der Waals surface area contributed by atoms with Crippen LogP contribution in [0, 0.1) is 5.92 Å². The van der Waals surface area contributed by atoms with Gasteiger partial charge in [0.1, 0.15) is 18.0 Å². The molecule has 1 fully saturated rings. The molecule has 1 aromatic rings. The largest absolute Gasteiger partial charge is 0.445 e. The number of likely N-dealkylation sites (N-methyl/N-ethyl adjacent to an activating group) is 1. The van der Waals surface area contributed by atoms with Crippen LogP contribution in [0.15, 0.2) is 30.3 Å². The van der Waals surface area contributed by atoms with E-state index in [-0.39, 0.29) is 12.6 Å². The number of hydrogen-bond acceptors (Lipinski definition) is 5. The number of nitrogens with zero attached hydrogens (tertiary/aromatic N) is 1. The van der Waals surface area contributed by atoms with E-state index < -0.39 is 17.8 Å². The third-order valence-electron chi connectivity index (χ3n) is 5.01. The first kappa shape index (κ1) is 23.7. The molecule has 0 heterocycles. The number of hydrogen-bond donors (Lipinski definition) is 1. The van der Waals surface area contributed by atoms with Crippen LogP contribution in [0.1, 0.15) is 58.4 Å². The van der Waals surface area contributed by atoms with Crippen molar-refractivity contribution in [3.8, 4) is 0 Å². The summed E-state index contributed by atoms with van der Waals surface area (Å²) in [4.78, 5) is 37.7. The Labute approximate surface area is 179 Å². The van der Waals surface area contributed by atoms with Gasteiger partial charge in [-0.15, -0.1) is 0 Å². The molecule has 1 aliphatic rings. The van der Waals surface area contributed by atoms with E-state index in [9.17, 15) is 14.4 Å². The molecule has 1 aliphatic carbocycles. The minimum atomic E-state index is -0.605. The van der Waals surface area contributed by atoms with Gasteiger partial charge in [-0.05, 0) is 51.5 Å². The highest BCUT2D eigenvalue weighted by atomic mass is 16.6. The minimum Gasteiger partial charge on any atom is -0.445 e. The third kappa shape index (κ3) is 8.84. The van der Waals surface area contributed by atoms with Crippen LogP contribution in [-0.4, -0.2) is 48.1 Å². The van der Waals surface area contributed by atoms with Gasteiger partial charge in [-0.2, -0.15) is 0 Å². The number of Topliss-reactive ketones (excluding diaryl/α,β-unsaturated/α-hetero) is 1. The SMILES string of the molecule is CN(CC(CC1CCC(=O)CC1)NC(=O)OC(C)(C)C)C(=O)OCc1ccccc1. The van der Waals surface area contributed by atoms with E-state index in [0.717, 1.165) is 18.4 Å². The molecule has 1 aromatic carbocycles. The molecule has 0 aromatic heterocycles. The van der Waals surface area contributed by atoms with Crippen LogP contribution in [0.5, 0.6) is 0 Å².